The fourth-order valence-corrected chi connectivity index (χ4v) is 7.94. The Labute approximate surface area is 323 Å². The smallest absolute Gasteiger partial charge is 0.240 e. The van der Waals surface area contributed by atoms with Crippen molar-refractivity contribution in [3.63, 3.8) is 0 Å². The van der Waals surface area contributed by atoms with Crippen LogP contribution in [0.4, 0.5) is 0 Å². The molecule has 1 aliphatic rings. The summed E-state index contributed by atoms with van der Waals surface area (Å²) in [5.74, 6) is -0.502. The summed E-state index contributed by atoms with van der Waals surface area (Å²) in [4.78, 5) is 15.0. The van der Waals surface area contributed by atoms with Crippen LogP contribution in [0.25, 0.3) is 94.4 Å². The molecule has 0 radical (unpaired) electrons. The van der Waals surface area contributed by atoms with Crippen LogP contribution in [0.3, 0.4) is 0 Å². The summed E-state index contributed by atoms with van der Waals surface area (Å²) in [5.41, 5.74) is 3.04. The maximum atomic E-state index is 9.33. The molecule has 6 nitrogen and oxygen atoms in total. The third-order valence-electron chi connectivity index (χ3n) is 10.2. The standard InChI is InChI=1S/C47H30N6/c1-5-22-39-33(16-1)34-17-2-6-23-40(34)51(39)32-15-9-14-31(28-32)45-48-46-50-47(49-45)53-42-25-8-4-19-36(42)38-21-11-13-30(44(38)53)27-26-29-12-10-20-37-35-18-3-7-24-41(35)52(46)43(29)37/h1-25,28H,26-27H2/i3D,4D,7D,8D,10D,11D,12D,13D,18D,19D,20D,21D,24D,25D. The molecule has 0 saturated heterocycles. The molecule has 0 saturated carbocycles. The molecule has 248 valence electrons. The van der Waals surface area contributed by atoms with Crippen LogP contribution < -0.4 is 0 Å². The molecule has 0 N–H and O–H groups in total. The van der Waals surface area contributed by atoms with Crippen molar-refractivity contribution in [3.05, 3.63) is 169 Å². The van der Waals surface area contributed by atoms with Gasteiger partial charge in [-0.15, -0.1) is 0 Å². The Hall–Kier alpha value is -7.05. The predicted octanol–water partition coefficient (Wildman–Crippen LogP) is 10.9. The second-order valence-corrected chi connectivity index (χ2v) is 13.0. The summed E-state index contributed by atoms with van der Waals surface area (Å²) in [6, 6.07) is 16.2. The van der Waals surface area contributed by atoms with Crippen molar-refractivity contribution < 1.29 is 19.2 Å². The Kier molecular flexibility index (Phi) is 3.73. The Morgan fingerprint density at radius 1 is 0.434 bits per heavy atom. The van der Waals surface area contributed by atoms with Crippen LogP contribution in [-0.4, -0.2) is 28.7 Å². The number of hydrogen-bond donors (Lipinski definition) is 0. The van der Waals surface area contributed by atoms with Gasteiger partial charge in [-0.1, -0.05) is 121 Å². The number of fused-ring (bicyclic) bond motifs is 13. The van der Waals surface area contributed by atoms with E-state index in [1.165, 1.54) is 9.13 Å². The summed E-state index contributed by atoms with van der Waals surface area (Å²) >= 11 is 0. The molecule has 0 amide bonds. The van der Waals surface area contributed by atoms with Crippen LogP contribution in [0, 0.1) is 0 Å². The maximum absolute atomic E-state index is 9.33. The van der Waals surface area contributed by atoms with E-state index in [-0.39, 0.29) is 85.3 Å². The molecular weight excluding hydrogens is 649 g/mol. The summed E-state index contributed by atoms with van der Waals surface area (Å²) in [5, 5.41) is 1.74. The largest absolute Gasteiger partial charge is 0.309 e. The van der Waals surface area contributed by atoms with Crippen molar-refractivity contribution in [1.29, 1.82) is 0 Å². The van der Waals surface area contributed by atoms with Crippen molar-refractivity contribution in [3.8, 4) is 29.0 Å². The zero-order valence-corrected chi connectivity index (χ0v) is 27.5. The molecule has 6 heteroatoms. The zero-order valence-electron chi connectivity index (χ0n) is 41.5. The van der Waals surface area contributed by atoms with Gasteiger partial charge in [0.05, 0.1) is 52.3 Å². The Bertz CT molecular complexity index is 3880. The molecule has 0 unspecified atom stereocenters. The average Bonchev–Trinajstić information content (AvgIpc) is 4.00. The van der Waals surface area contributed by atoms with Crippen LogP contribution in [0.1, 0.15) is 30.3 Å². The van der Waals surface area contributed by atoms with Gasteiger partial charge >= 0.3 is 0 Å². The Balaban J connectivity index is 1.30. The van der Waals surface area contributed by atoms with Crippen LogP contribution in [-0.2, 0) is 12.8 Å². The number of rotatable bonds is 2. The van der Waals surface area contributed by atoms with E-state index in [1.54, 1.807) is 6.07 Å². The van der Waals surface area contributed by atoms with Crippen LogP contribution in [0.15, 0.2) is 157 Å². The fourth-order valence-electron chi connectivity index (χ4n) is 7.94. The first-order valence-electron chi connectivity index (χ1n) is 24.0. The molecule has 12 rings (SSSR count). The molecule has 0 fully saturated rings. The van der Waals surface area contributed by atoms with Crippen LogP contribution in [0.2, 0.25) is 0 Å². The highest BCUT2D eigenvalue weighted by Gasteiger charge is 2.24. The normalized spacial score (nSPS) is 16.5. The minimum absolute atomic E-state index is 0.000229. The van der Waals surface area contributed by atoms with E-state index in [9.17, 15) is 8.22 Å². The summed E-state index contributed by atoms with van der Waals surface area (Å²) in [6.45, 7) is 0. The lowest BCUT2D eigenvalue weighted by molar-refractivity contribution is 0.892. The number of para-hydroxylation sites is 6. The van der Waals surface area contributed by atoms with E-state index in [2.05, 4.69) is 4.57 Å². The quantitative estimate of drug-likeness (QED) is 0.181. The monoisotopic (exact) mass is 692 g/mol. The van der Waals surface area contributed by atoms with Gasteiger partial charge in [-0.3, -0.25) is 9.13 Å². The number of aryl methyl sites for hydroxylation is 2. The summed E-state index contributed by atoms with van der Waals surface area (Å²) in [7, 11) is 0. The SMILES string of the molecule is [2H]c1c([2H])c([2H])c2c(c1[2H])c1c([2H])c([2H])c([2H])c3c1n2-c1nc(-c2cccc(-n4c5ccccc5c5ccccc54)c2)nc(n1)-n1c2c([2H])c([2H])c([2H])c([2H])c2c2c([2H])c([2H])c([2H])c(c21)CC3. The van der Waals surface area contributed by atoms with Crippen LogP contribution >= 0.6 is 0 Å². The molecule has 4 aromatic heterocycles. The van der Waals surface area contributed by atoms with E-state index >= 15 is 0 Å². The Morgan fingerprint density at radius 3 is 1.55 bits per heavy atom. The minimum Gasteiger partial charge on any atom is -0.309 e. The average molecular weight is 693 g/mol. The van der Waals surface area contributed by atoms with Gasteiger partial charge in [-0.25, -0.2) is 0 Å². The molecule has 5 heterocycles. The third kappa shape index (κ3) is 4.00. The zero-order chi connectivity index (χ0) is 46.8. The Morgan fingerprint density at radius 2 is 0.962 bits per heavy atom. The van der Waals surface area contributed by atoms with E-state index in [1.807, 2.05) is 66.7 Å². The van der Waals surface area contributed by atoms with Crippen molar-refractivity contribution in [1.82, 2.24) is 28.7 Å². The van der Waals surface area contributed by atoms with E-state index in [0.717, 1.165) is 27.5 Å². The van der Waals surface area contributed by atoms with Gasteiger partial charge in [0.15, 0.2) is 5.82 Å². The molecule has 11 aromatic rings. The summed E-state index contributed by atoms with van der Waals surface area (Å²) < 4.78 is 132. The topological polar surface area (TPSA) is 53.5 Å². The van der Waals surface area contributed by atoms with Crippen molar-refractivity contribution in [2.45, 2.75) is 12.8 Å². The first-order chi connectivity index (χ1) is 32.1. The molecular formula is C47H30N6. The van der Waals surface area contributed by atoms with Gasteiger partial charge in [-0.05, 0) is 60.3 Å². The molecule has 2 bridgehead atoms. The maximum Gasteiger partial charge on any atom is 0.240 e. The van der Waals surface area contributed by atoms with Crippen LogP contribution in [0.5, 0.6) is 0 Å². The highest BCUT2D eigenvalue weighted by molar-refractivity contribution is 6.12. The lowest BCUT2D eigenvalue weighted by atomic mass is 10.00. The van der Waals surface area contributed by atoms with E-state index in [4.69, 9.17) is 25.9 Å². The molecule has 53 heavy (non-hydrogen) atoms. The lowest BCUT2D eigenvalue weighted by Gasteiger charge is -2.14. The van der Waals surface area contributed by atoms with Gasteiger partial charge in [0.1, 0.15) is 0 Å². The molecule has 7 aromatic carbocycles. The second-order valence-electron chi connectivity index (χ2n) is 13.0. The number of nitrogens with zero attached hydrogens (tertiary/aromatic N) is 6. The van der Waals surface area contributed by atoms with Crippen molar-refractivity contribution >= 4 is 65.4 Å². The first-order valence-corrected chi connectivity index (χ1v) is 17.0. The van der Waals surface area contributed by atoms with E-state index in [0.29, 0.717) is 5.56 Å². The molecule has 0 spiro atoms. The third-order valence-corrected chi connectivity index (χ3v) is 10.2. The van der Waals surface area contributed by atoms with Crippen molar-refractivity contribution in [2.24, 2.45) is 0 Å². The predicted molar refractivity (Wildman–Crippen MR) is 216 cm³/mol. The number of aromatic nitrogens is 6. The van der Waals surface area contributed by atoms with Gasteiger partial charge in [0.2, 0.25) is 11.9 Å². The second kappa shape index (κ2) is 10.7. The summed E-state index contributed by atoms with van der Waals surface area (Å²) in [6.07, 6.45) is -0.323. The lowest BCUT2D eigenvalue weighted by Crippen LogP contribution is -2.10. The first kappa shape index (κ1) is 18.4. The van der Waals surface area contributed by atoms with Gasteiger partial charge < -0.3 is 4.57 Å². The van der Waals surface area contributed by atoms with Crippen molar-refractivity contribution in [2.75, 3.05) is 0 Å². The number of benzene rings is 7. The highest BCUT2D eigenvalue weighted by Crippen LogP contribution is 2.39. The highest BCUT2D eigenvalue weighted by atomic mass is 15.3. The van der Waals surface area contributed by atoms with E-state index < -0.39 is 84.6 Å². The molecule has 1 aliphatic heterocycles. The fraction of sp³-hybridized carbons (Fsp3) is 0.0426. The molecule has 0 atom stereocenters. The molecule has 0 aliphatic carbocycles. The van der Waals surface area contributed by atoms with Gasteiger partial charge in [-0.2, -0.15) is 15.0 Å². The van der Waals surface area contributed by atoms with Gasteiger partial charge in [0, 0.05) is 43.6 Å². The number of hydrogen-bond acceptors (Lipinski definition) is 3. The van der Waals surface area contributed by atoms with Gasteiger partial charge in [0.25, 0.3) is 0 Å². The minimum atomic E-state index is -0.601.